The van der Waals surface area contributed by atoms with E-state index < -0.39 is 31.1 Å². The minimum atomic E-state index is -1.20. The van der Waals surface area contributed by atoms with Crippen molar-refractivity contribution in [2.75, 3.05) is 11.9 Å². The quantitative estimate of drug-likeness (QED) is 0.487. The fourth-order valence-electron chi connectivity index (χ4n) is 2.86. The van der Waals surface area contributed by atoms with Crippen LogP contribution in [0.3, 0.4) is 0 Å². The maximum absolute atomic E-state index is 10.2. The van der Waals surface area contributed by atoms with Crippen molar-refractivity contribution in [3.8, 4) is 0 Å². The van der Waals surface area contributed by atoms with Crippen LogP contribution in [-0.2, 0) is 11.3 Å². The van der Waals surface area contributed by atoms with E-state index in [0.717, 1.165) is 5.76 Å². The summed E-state index contributed by atoms with van der Waals surface area (Å²) in [6.07, 6.45) is 0.253. The molecular formula is C15H17N5O5. The summed E-state index contributed by atoms with van der Waals surface area (Å²) < 4.78 is 12.3. The van der Waals surface area contributed by atoms with Crippen LogP contribution < -0.4 is 5.32 Å². The normalized spacial score (nSPS) is 26.4. The predicted octanol–water partition coefficient (Wildman–Crippen LogP) is -0.357. The summed E-state index contributed by atoms with van der Waals surface area (Å²) in [4.78, 5) is 12.7. The van der Waals surface area contributed by atoms with Gasteiger partial charge in [-0.2, -0.15) is 0 Å². The second kappa shape index (κ2) is 6.41. The van der Waals surface area contributed by atoms with Crippen molar-refractivity contribution in [2.45, 2.75) is 31.1 Å². The lowest BCUT2D eigenvalue weighted by atomic mass is 10.1. The largest absolute Gasteiger partial charge is 0.467 e. The molecule has 4 rings (SSSR count). The van der Waals surface area contributed by atoms with Gasteiger partial charge in [0.25, 0.3) is 0 Å². The van der Waals surface area contributed by atoms with Crippen LogP contribution in [0.25, 0.3) is 11.2 Å². The molecule has 3 aromatic heterocycles. The number of nitrogens with zero attached hydrogens (tertiary/aromatic N) is 4. The first-order chi connectivity index (χ1) is 12.2. The number of furan rings is 1. The van der Waals surface area contributed by atoms with Gasteiger partial charge < -0.3 is 29.8 Å². The summed E-state index contributed by atoms with van der Waals surface area (Å²) in [5.74, 6) is 1.25. The molecule has 0 spiro atoms. The van der Waals surface area contributed by atoms with Crippen molar-refractivity contribution in [3.05, 3.63) is 36.8 Å². The zero-order valence-electron chi connectivity index (χ0n) is 13.1. The van der Waals surface area contributed by atoms with E-state index in [-0.39, 0.29) is 0 Å². The Balaban J connectivity index is 1.63. The molecule has 10 heteroatoms. The highest BCUT2D eigenvalue weighted by molar-refractivity contribution is 5.82. The lowest BCUT2D eigenvalue weighted by molar-refractivity contribution is -0.0511. The first-order valence-electron chi connectivity index (χ1n) is 7.75. The molecule has 3 aromatic rings. The second-order valence-corrected chi connectivity index (χ2v) is 5.71. The van der Waals surface area contributed by atoms with Crippen LogP contribution in [-0.4, -0.2) is 59.8 Å². The molecule has 0 amide bonds. The van der Waals surface area contributed by atoms with E-state index in [1.165, 1.54) is 17.2 Å². The highest BCUT2D eigenvalue weighted by Gasteiger charge is 2.44. The highest BCUT2D eigenvalue weighted by Crippen LogP contribution is 2.32. The van der Waals surface area contributed by atoms with Crippen LogP contribution in [0.15, 0.2) is 35.5 Å². The van der Waals surface area contributed by atoms with Gasteiger partial charge in [-0.05, 0) is 12.1 Å². The van der Waals surface area contributed by atoms with Crippen LogP contribution in [0.2, 0.25) is 0 Å². The number of hydrogen-bond donors (Lipinski definition) is 4. The van der Waals surface area contributed by atoms with Crippen LogP contribution in [0.1, 0.15) is 12.0 Å². The van der Waals surface area contributed by atoms with Gasteiger partial charge in [-0.15, -0.1) is 0 Å². The Morgan fingerprint density at radius 3 is 2.80 bits per heavy atom. The van der Waals surface area contributed by atoms with Crippen molar-refractivity contribution >= 4 is 17.0 Å². The molecule has 4 heterocycles. The summed E-state index contributed by atoms with van der Waals surface area (Å²) in [5, 5.41) is 32.4. The van der Waals surface area contributed by atoms with Crippen LogP contribution >= 0.6 is 0 Å². The third kappa shape index (κ3) is 2.74. The molecule has 10 nitrogen and oxygen atoms in total. The van der Waals surface area contributed by atoms with Crippen molar-refractivity contribution in [1.82, 2.24) is 19.5 Å². The summed E-state index contributed by atoms with van der Waals surface area (Å²) in [7, 11) is 0. The molecule has 0 bridgehead atoms. The van der Waals surface area contributed by atoms with E-state index in [1.54, 1.807) is 12.3 Å². The molecule has 0 aromatic carbocycles. The average Bonchev–Trinajstić information content (AvgIpc) is 3.34. The van der Waals surface area contributed by atoms with Crippen LogP contribution in [0.4, 0.5) is 5.82 Å². The Labute approximate surface area is 141 Å². The number of aliphatic hydroxyl groups excluding tert-OH is 3. The molecule has 132 valence electrons. The lowest BCUT2D eigenvalue weighted by Crippen LogP contribution is -2.33. The van der Waals surface area contributed by atoms with E-state index in [9.17, 15) is 15.3 Å². The molecular weight excluding hydrogens is 330 g/mol. The highest BCUT2D eigenvalue weighted by atomic mass is 16.6. The zero-order chi connectivity index (χ0) is 17.4. The number of nitrogens with one attached hydrogen (secondary N) is 1. The van der Waals surface area contributed by atoms with E-state index in [1.807, 2.05) is 6.07 Å². The topological polar surface area (TPSA) is 139 Å². The summed E-state index contributed by atoms with van der Waals surface area (Å²) >= 11 is 0. The molecule has 0 aliphatic carbocycles. The van der Waals surface area contributed by atoms with Crippen LogP contribution in [0.5, 0.6) is 0 Å². The van der Waals surface area contributed by atoms with Gasteiger partial charge >= 0.3 is 0 Å². The number of aliphatic hydroxyl groups is 3. The number of anilines is 1. The fourth-order valence-corrected chi connectivity index (χ4v) is 2.86. The minimum absolute atomic E-state index is 0.397. The average molecular weight is 347 g/mol. The molecule has 4 N–H and O–H groups in total. The first-order valence-corrected chi connectivity index (χ1v) is 7.75. The molecule has 0 unspecified atom stereocenters. The van der Waals surface area contributed by atoms with Crippen molar-refractivity contribution in [3.63, 3.8) is 0 Å². The van der Waals surface area contributed by atoms with Gasteiger partial charge in [-0.1, -0.05) is 0 Å². The van der Waals surface area contributed by atoms with Gasteiger partial charge in [0.2, 0.25) is 0 Å². The minimum Gasteiger partial charge on any atom is -0.467 e. The fraction of sp³-hybridized carbons (Fsp3) is 0.400. The Morgan fingerprint density at radius 2 is 2.08 bits per heavy atom. The number of fused-ring (bicyclic) bond motifs is 1. The zero-order valence-corrected chi connectivity index (χ0v) is 13.1. The summed E-state index contributed by atoms with van der Waals surface area (Å²) in [5.41, 5.74) is 0.929. The van der Waals surface area contributed by atoms with Crippen LogP contribution in [0, 0.1) is 0 Å². The number of rotatable bonds is 5. The SMILES string of the molecule is OC[C@H]1O[C@H](n2cnc3c(NCc4ccco4)ncnc32)[C@@H](O)[C@H]1O. The summed E-state index contributed by atoms with van der Waals surface area (Å²) in [6.45, 7) is 0.0338. The predicted molar refractivity (Wildman–Crippen MR) is 84.4 cm³/mol. The molecule has 4 atom stereocenters. The Hall–Kier alpha value is -2.53. The molecule has 0 radical (unpaired) electrons. The number of imidazole rings is 1. The van der Waals surface area contributed by atoms with Gasteiger partial charge in [0.1, 0.15) is 30.4 Å². The molecule has 1 aliphatic heterocycles. The number of hydrogen-bond acceptors (Lipinski definition) is 9. The number of ether oxygens (including phenoxy) is 1. The van der Waals surface area contributed by atoms with Crippen molar-refractivity contribution in [1.29, 1.82) is 0 Å². The third-order valence-corrected chi connectivity index (χ3v) is 4.16. The van der Waals surface area contributed by atoms with Gasteiger partial charge in [0.15, 0.2) is 23.2 Å². The maximum atomic E-state index is 10.2. The van der Waals surface area contributed by atoms with Gasteiger partial charge in [0, 0.05) is 0 Å². The third-order valence-electron chi connectivity index (χ3n) is 4.16. The smallest absolute Gasteiger partial charge is 0.167 e. The van der Waals surface area contributed by atoms with Crippen molar-refractivity contribution < 1.29 is 24.5 Å². The van der Waals surface area contributed by atoms with E-state index in [2.05, 4.69) is 20.3 Å². The molecule has 1 fully saturated rings. The van der Waals surface area contributed by atoms with E-state index in [0.29, 0.717) is 23.5 Å². The van der Waals surface area contributed by atoms with Crippen molar-refractivity contribution in [2.24, 2.45) is 0 Å². The first kappa shape index (κ1) is 16.0. The van der Waals surface area contributed by atoms with E-state index >= 15 is 0 Å². The van der Waals surface area contributed by atoms with E-state index in [4.69, 9.17) is 9.15 Å². The number of aromatic nitrogens is 4. The standard InChI is InChI=1S/C15H17N5O5/c21-5-9-11(22)12(23)15(25-9)20-7-19-10-13(17-6-18-14(10)20)16-4-8-2-1-3-24-8/h1-3,6-7,9,11-12,15,21-23H,4-5H2,(H,16,17,18)/t9-,11+,12+,15+/m1/s1. The molecule has 25 heavy (non-hydrogen) atoms. The lowest BCUT2D eigenvalue weighted by Gasteiger charge is -2.16. The Bertz CT molecular complexity index is 851. The second-order valence-electron chi connectivity index (χ2n) is 5.71. The monoisotopic (exact) mass is 347 g/mol. The van der Waals surface area contributed by atoms with Gasteiger partial charge in [0.05, 0.1) is 25.7 Å². The maximum Gasteiger partial charge on any atom is 0.167 e. The Morgan fingerprint density at radius 1 is 1.20 bits per heavy atom. The molecule has 0 saturated carbocycles. The molecule has 1 aliphatic rings. The van der Waals surface area contributed by atoms with Gasteiger partial charge in [-0.25, -0.2) is 15.0 Å². The Kier molecular flexibility index (Phi) is 4.09. The molecule has 1 saturated heterocycles. The van der Waals surface area contributed by atoms with Gasteiger partial charge in [-0.3, -0.25) is 4.57 Å². The summed E-state index contributed by atoms with van der Waals surface area (Å²) in [6, 6.07) is 3.63.